The van der Waals surface area contributed by atoms with E-state index < -0.39 is 11.8 Å². The molecule has 6 heteroatoms. The quantitative estimate of drug-likeness (QED) is 0.819. The van der Waals surface area contributed by atoms with E-state index in [9.17, 15) is 9.59 Å². The Morgan fingerprint density at radius 1 is 0.955 bits per heavy atom. The van der Waals surface area contributed by atoms with Gasteiger partial charge >= 0.3 is 0 Å². The van der Waals surface area contributed by atoms with E-state index in [0.29, 0.717) is 21.4 Å². The molecule has 0 spiro atoms. The van der Waals surface area contributed by atoms with E-state index in [0.717, 1.165) is 5.56 Å². The number of para-hydroxylation sites is 1. The van der Waals surface area contributed by atoms with Crippen molar-refractivity contribution in [2.45, 2.75) is 13.3 Å². The SMILES string of the molecule is Cc1ccc(Cl)cc1NC(=O)CC(=O)Nc1ccccc1Cl. The number of halogens is 2. The van der Waals surface area contributed by atoms with Crippen LogP contribution in [0.25, 0.3) is 0 Å². The van der Waals surface area contributed by atoms with Crippen LogP contribution in [0.5, 0.6) is 0 Å². The van der Waals surface area contributed by atoms with Gasteiger partial charge in [-0.05, 0) is 36.8 Å². The lowest BCUT2D eigenvalue weighted by atomic mass is 10.2. The zero-order chi connectivity index (χ0) is 16.1. The molecule has 0 radical (unpaired) electrons. The van der Waals surface area contributed by atoms with E-state index in [1.807, 2.05) is 6.92 Å². The Kier molecular flexibility index (Phi) is 5.41. The maximum Gasteiger partial charge on any atom is 0.233 e. The van der Waals surface area contributed by atoms with Gasteiger partial charge in [-0.2, -0.15) is 0 Å². The van der Waals surface area contributed by atoms with Crippen LogP contribution in [0.2, 0.25) is 10.0 Å². The van der Waals surface area contributed by atoms with Crippen LogP contribution in [0.15, 0.2) is 42.5 Å². The van der Waals surface area contributed by atoms with Crippen LogP contribution in [0, 0.1) is 6.92 Å². The van der Waals surface area contributed by atoms with Gasteiger partial charge in [0.05, 0.1) is 10.7 Å². The molecule has 2 aromatic rings. The molecule has 2 aromatic carbocycles. The summed E-state index contributed by atoms with van der Waals surface area (Å²) in [5.74, 6) is -0.861. The van der Waals surface area contributed by atoms with Gasteiger partial charge in [-0.3, -0.25) is 9.59 Å². The summed E-state index contributed by atoms with van der Waals surface area (Å²) in [6, 6.07) is 12.0. The minimum absolute atomic E-state index is 0.308. The fourth-order valence-electron chi connectivity index (χ4n) is 1.83. The first-order chi connectivity index (χ1) is 10.5. The lowest BCUT2D eigenvalue weighted by Gasteiger charge is -2.10. The van der Waals surface area contributed by atoms with Gasteiger partial charge in [-0.25, -0.2) is 0 Å². The summed E-state index contributed by atoms with van der Waals surface area (Å²) in [6.07, 6.45) is -0.308. The second-order valence-electron chi connectivity index (χ2n) is 4.71. The Hall–Kier alpha value is -2.04. The zero-order valence-electron chi connectivity index (χ0n) is 11.8. The molecule has 0 bridgehead atoms. The lowest BCUT2D eigenvalue weighted by Crippen LogP contribution is -2.21. The Balaban J connectivity index is 1.96. The van der Waals surface area contributed by atoms with Crippen molar-refractivity contribution in [3.8, 4) is 0 Å². The normalized spacial score (nSPS) is 10.1. The summed E-state index contributed by atoms with van der Waals surface area (Å²) >= 11 is 11.8. The molecule has 0 unspecified atom stereocenters. The van der Waals surface area contributed by atoms with Gasteiger partial charge < -0.3 is 10.6 Å². The number of hydrogen-bond acceptors (Lipinski definition) is 2. The summed E-state index contributed by atoms with van der Waals surface area (Å²) in [5, 5.41) is 6.19. The molecule has 2 amide bonds. The first-order valence-corrected chi connectivity index (χ1v) is 7.31. The zero-order valence-corrected chi connectivity index (χ0v) is 13.3. The van der Waals surface area contributed by atoms with Gasteiger partial charge in [-0.1, -0.05) is 41.4 Å². The summed E-state index contributed by atoms with van der Waals surface area (Å²) < 4.78 is 0. The number of nitrogens with one attached hydrogen (secondary N) is 2. The van der Waals surface area contributed by atoms with Crippen molar-refractivity contribution in [3.63, 3.8) is 0 Å². The van der Waals surface area contributed by atoms with Gasteiger partial charge in [0.1, 0.15) is 6.42 Å². The topological polar surface area (TPSA) is 58.2 Å². The Bertz CT molecular complexity index is 717. The van der Waals surface area contributed by atoms with Crippen molar-refractivity contribution in [2.24, 2.45) is 0 Å². The third-order valence-corrected chi connectivity index (χ3v) is 3.51. The van der Waals surface area contributed by atoms with Gasteiger partial charge in [0.25, 0.3) is 0 Å². The molecule has 2 N–H and O–H groups in total. The van der Waals surface area contributed by atoms with Crippen molar-refractivity contribution in [3.05, 3.63) is 58.1 Å². The number of amides is 2. The Morgan fingerprint density at radius 2 is 1.59 bits per heavy atom. The van der Waals surface area contributed by atoms with E-state index >= 15 is 0 Å². The van der Waals surface area contributed by atoms with Gasteiger partial charge in [-0.15, -0.1) is 0 Å². The molecular formula is C16H14Cl2N2O2. The average Bonchev–Trinajstić information content (AvgIpc) is 2.45. The number of hydrogen-bond donors (Lipinski definition) is 2. The largest absolute Gasteiger partial charge is 0.325 e. The molecule has 4 nitrogen and oxygen atoms in total. The predicted octanol–water partition coefficient (Wildman–Crippen LogP) is 4.27. The monoisotopic (exact) mass is 336 g/mol. The highest BCUT2D eigenvalue weighted by Gasteiger charge is 2.12. The van der Waals surface area contributed by atoms with Gasteiger partial charge in [0.15, 0.2) is 0 Å². The molecule has 0 saturated carbocycles. The predicted molar refractivity (Wildman–Crippen MR) is 89.5 cm³/mol. The van der Waals surface area contributed by atoms with Crippen LogP contribution in [0.3, 0.4) is 0 Å². The molecule has 2 rings (SSSR count). The van der Waals surface area contributed by atoms with E-state index in [1.54, 1.807) is 42.5 Å². The average molecular weight is 337 g/mol. The van der Waals surface area contributed by atoms with Crippen molar-refractivity contribution in [1.29, 1.82) is 0 Å². The van der Waals surface area contributed by atoms with Crippen molar-refractivity contribution >= 4 is 46.4 Å². The minimum Gasteiger partial charge on any atom is -0.325 e. The molecule has 0 saturated heterocycles. The molecule has 114 valence electrons. The van der Waals surface area contributed by atoms with Crippen molar-refractivity contribution < 1.29 is 9.59 Å². The van der Waals surface area contributed by atoms with E-state index in [-0.39, 0.29) is 6.42 Å². The summed E-state index contributed by atoms with van der Waals surface area (Å²) in [6.45, 7) is 1.84. The molecule has 0 heterocycles. The van der Waals surface area contributed by atoms with Crippen molar-refractivity contribution in [1.82, 2.24) is 0 Å². The third-order valence-electron chi connectivity index (χ3n) is 2.94. The minimum atomic E-state index is -0.440. The summed E-state index contributed by atoms with van der Waals surface area (Å²) in [4.78, 5) is 23.8. The van der Waals surface area contributed by atoms with Crippen LogP contribution in [0.1, 0.15) is 12.0 Å². The van der Waals surface area contributed by atoms with Crippen LogP contribution in [-0.4, -0.2) is 11.8 Å². The standard InChI is InChI=1S/C16H14Cl2N2O2/c1-10-6-7-11(17)8-14(10)20-16(22)9-15(21)19-13-5-3-2-4-12(13)18/h2-8H,9H2,1H3,(H,19,21)(H,20,22). The molecule has 0 aliphatic heterocycles. The van der Waals surface area contributed by atoms with E-state index in [1.165, 1.54) is 0 Å². The number of carbonyl (C=O) groups excluding carboxylic acids is 2. The first kappa shape index (κ1) is 16.3. The third kappa shape index (κ3) is 4.48. The highest BCUT2D eigenvalue weighted by atomic mass is 35.5. The van der Waals surface area contributed by atoms with Crippen LogP contribution in [-0.2, 0) is 9.59 Å². The lowest BCUT2D eigenvalue weighted by molar-refractivity contribution is -0.123. The van der Waals surface area contributed by atoms with Crippen LogP contribution >= 0.6 is 23.2 Å². The number of aryl methyl sites for hydroxylation is 1. The van der Waals surface area contributed by atoms with Crippen LogP contribution < -0.4 is 10.6 Å². The molecular weight excluding hydrogens is 323 g/mol. The maximum atomic E-state index is 11.9. The highest BCUT2D eigenvalue weighted by molar-refractivity contribution is 6.33. The number of benzene rings is 2. The van der Waals surface area contributed by atoms with Crippen molar-refractivity contribution in [2.75, 3.05) is 10.6 Å². The van der Waals surface area contributed by atoms with E-state index in [2.05, 4.69) is 10.6 Å². The van der Waals surface area contributed by atoms with Gasteiger partial charge in [0, 0.05) is 10.7 Å². The molecule has 22 heavy (non-hydrogen) atoms. The molecule has 0 fully saturated rings. The molecule has 0 aliphatic carbocycles. The second kappa shape index (κ2) is 7.29. The van der Waals surface area contributed by atoms with Crippen LogP contribution in [0.4, 0.5) is 11.4 Å². The first-order valence-electron chi connectivity index (χ1n) is 6.56. The fourth-order valence-corrected chi connectivity index (χ4v) is 2.18. The molecule has 0 aromatic heterocycles. The van der Waals surface area contributed by atoms with E-state index in [4.69, 9.17) is 23.2 Å². The Labute approximate surface area is 138 Å². The fraction of sp³-hybridized carbons (Fsp3) is 0.125. The number of carbonyl (C=O) groups is 2. The Morgan fingerprint density at radius 3 is 2.27 bits per heavy atom. The van der Waals surface area contributed by atoms with Gasteiger partial charge in [0.2, 0.25) is 11.8 Å². The maximum absolute atomic E-state index is 11.9. The smallest absolute Gasteiger partial charge is 0.233 e. The molecule has 0 atom stereocenters. The number of anilines is 2. The highest BCUT2D eigenvalue weighted by Crippen LogP contribution is 2.22. The summed E-state index contributed by atoms with van der Waals surface area (Å²) in [7, 11) is 0. The number of rotatable bonds is 4. The second-order valence-corrected chi connectivity index (χ2v) is 5.56. The summed E-state index contributed by atoms with van der Waals surface area (Å²) in [5.41, 5.74) is 1.92. The molecule has 0 aliphatic rings.